The van der Waals surface area contributed by atoms with E-state index < -0.39 is 16.1 Å². The van der Waals surface area contributed by atoms with E-state index in [2.05, 4.69) is 4.98 Å². The Labute approximate surface area is 228 Å². The molecule has 0 fully saturated rings. The maximum Gasteiger partial charge on any atom is 0.243 e. The lowest BCUT2D eigenvalue weighted by Gasteiger charge is -2.28. The standard InChI is InChI=1S/C30H26ClN3O3S/c1-22(26-12-8-23(9-13-26)18-29(35)19-25-5-4-6-27(31)17-25)34(21-28-7-2-3-16-33-28)38(36,37)30-14-10-24(20-32)11-15-30/h2-17,22H,18-19,21H2,1H3/t22-/m0/s1. The number of aromatic nitrogens is 1. The zero-order valence-corrected chi connectivity index (χ0v) is 22.4. The Kier molecular flexibility index (Phi) is 8.70. The van der Waals surface area contributed by atoms with Gasteiger partial charge < -0.3 is 0 Å². The highest BCUT2D eigenvalue weighted by Crippen LogP contribution is 2.30. The average molecular weight is 544 g/mol. The number of rotatable bonds is 10. The minimum absolute atomic E-state index is 0.0632. The highest BCUT2D eigenvalue weighted by molar-refractivity contribution is 7.89. The number of halogens is 1. The van der Waals surface area contributed by atoms with Crippen LogP contribution in [0.4, 0.5) is 0 Å². The number of carbonyl (C=O) groups excluding carboxylic acids is 1. The highest BCUT2D eigenvalue weighted by atomic mass is 35.5. The number of hydrogen-bond acceptors (Lipinski definition) is 5. The Hall–Kier alpha value is -3.83. The predicted molar refractivity (Wildman–Crippen MR) is 147 cm³/mol. The molecule has 6 nitrogen and oxygen atoms in total. The maximum absolute atomic E-state index is 13.7. The van der Waals surface area contributed by atoms with Crippen molar-refractivity contribution < 1.29 is 13.2 Å². The van der Waals surface area contributed by atoms with Gasteiger partial charge in [0, 0.05) is 30.1 Å². The van der Waals surface area contributed by atoms with Gasteiger partial charge in [0.1, 0.15) is 5.78 Å². The van der Waals surface area contributed by atoms with Crippen LogP contribution in [0.15, 0.2) is 102 Å². The summed E-state index contributed by atoms with van der Waals surface area (Å²) in [6.07, 6.45) is 2.18. The molecule has 0 N–H and O–H groups in total. The van der Waals surface area contributed by atoms with Gasteiger partial charge in [-0.1, -0.05) is 54.1 Å². The first-order valence-electron chi connectivity index (χ1n) is 12.0. The third-order valence-electron chi connectivity index (χ3n) is 6.22. The fourth-order valence-electron chi connectivity index (χ4n) is 4.16. The van der Waals surface area contributed by atoms with Crippen LogP contribution >= 0.6 is 11.6 Å². The minimum atomic E-state index is -3.92. The lowest BCUT2D eigenvalue weighted by molar-refractivity contribution is -0.117. The summed E-state index contributed by atoms with van der Waals surface area (Å²) in [6.45, 7) is 1.90. The monoisotopic (exact) mass is 543 g/mol. The number of nitriles is 1. The normalized spacial score (nSPS) is 12.2. The van der Waals surface area contributed by atoms with Crippen LogP contribution in [-0.4, -0.2) is 23.5 Å². The van der Waals surface area contributed by atoms with Crippen molar-refractivity contribution in [2.45, 2.75) is 37.2 Å². The van der Waals surface area contributed by atoms with Gasteiger partial charge in [0.25, 0.3) is 0 Å². The molecule has 0 aliphatic carbocycles. The van der Waals surface area contributed by atoms with Gasteiger partial charge in [-0.15, -0.1) is 0 Å². The summed E-state index contributed by atoms with van der Waals surface area (Å²) >= 11 is 6.02. The van der Waals surface area contributed by atoms with Crippen molar-refractivity contribution in [3.05, 3.63) is 130 Å². The summed E-state index contributed by atoms with van der Waals surface area (Å²) < 4.78 is 28.8. The average Bonchev–Trinajstić information content (AvgIpc) is 2.92. The molecule has 1 heterocycles. The van der Waals surface area contributed by atoms with Crippen LogP contribution in [-0.2, 0) is 34.2 Å². The summed E-state index contributed by atoms with van der Waals surface area (Å²) in [4.78, 5) is 17.0. The SMILES string of the molecule is C[C@@H](c1ccc(CC(=O)Cc2cccc(Cl)c2)cc1)N(Cc1ccccn1)S(=O)(=O)c1ccc(C#N)cc1. The molecule has 0 aliphatic rings. The molecule has 1 atom stereocenters. The predicted octanol–water partition coefficient (Wildman–Crippen LogP) is 5.91. The van der Waals surface area contributed by atoms with E-state index in [9.17, 15) is 13.2 Å². The zero-order chi connectivity index (χ0) is 27.1. The lowest BCUT2D eigenvalue weighted by Crippen LogP contribution is -2.33. The molecule has 192 valence electrons. The van der Waals surface area contributed by atoms with E-state index in [0.717, 1.165) is 16.7 Å². The van der Waals surface area contributed by atoms with Gasteiger partial charge >= 0.3 is 0 Å². The van der Waals surface area contributed by atoms with Crippen molar-refractivity contribution in [2.75, 3.05) is 0 Å². The Morgan fingerprint density at radius 2 is 1.66 bits per heavy atom. The van der Waals surface area contributed by atoms with Gasteiger partial charge in [-0.3, -0.25) is 9.78 Å². The van der Waals surface area contributed by atoms with Gasteiger partial charge in [0.2, 0.25) is 10.0 Å². The molecule has 1 aromatic heterocycles. The molecule has 38 heavy (non-hydrogen) atoms. The topological polar surface area (TPSA) is 91.1 Å². The van der Waals surface area contributed by atoms with Crippen LogP contribution < -0.4 is 0 Å². The molecule has 0 bridgehead atoms. The summed E-state index contributed by atoms with van der Waals surface area (Å²) in [5.41, 5.74) is 3.49. The molecular formula is C30H26ClN3O3S. The first-order valence-corrected chi connectivity index (χ1v) is 13.8. The second kappa shape index (κ2) is 12.1. The smallest absolute Gasteiger partial charge is 0.243 e. The molecule has 0 radical (unpaired) electrons. The fraction of sp³-hybridized carbons (Fsp3) is 0.167. The van der Waals surface area contributed by atoms with Crippen LogP contribution in [0.25, 0.3) is 0 Å². The van der Waals surface area contributed by atoms with Crippen molar-refractivity contribution in [3.63, 3.8) is 0 Å². The van der Waals surface area contributed by atoms with Crippen LogP contribution in [0.3, 0.4) is 0 Å². The van der Waals surface area contributed by atoms with Crippen molar-refractivity contribution in [3.8, 4) is 6.07 Å². The number of benzene rings is 3. The molecule has 4 rings (SSSR count). The summed E-state index contributed by atoms with van der Waals surface area (Å²) in [5.74, 6) is 0.0632. The van der Waals surface area contributed by atoms with E-state index in [0.29, 0.717) is 22.7 Å². The molecule has 0 unspecified atom stereocenters. The Bertz CT molecular complexity index is 1550. The van der Waals surface area contributed by atoms with E-state index in [1.165, 1.54) is 28.6 Å². The number of ketones is 1. The van der Waals surface area contributed by atoms with Crippen molar-refractivity contribution in [1.82, 2.24) is 9.29 Å². The van der Waals surface area contributed by atoms with Crippen LogP contribution in [0.2, 0.25) is 5.02 Å². The molecule has 8 heteroatoms. The van der Waals surface area contributed by atoms with Gasteiger partial charge in [0.05, 0.1) is 28.8 Å². The maximum atomic E-state index is 13.7. The first kappa shape index (κ1) is 27.2. The van der Waals surface area contributed by atoms with Crippen molar-refractivity contribution >= 4 is 27.4 Å². The van der Waals surface area contributed by atoms with Crippen LogP contribution in [0, 0.1) is 11.3 Å². The summed E-state index contributed by atoms with van der Waals surface area (Å²) in [5, 5.41) is 9.69. The largest absolute Gasteiger partial charge is 0.299 e. The molecule has 0 aliphatic heterocycles. The van der Waals surface area contributed by atoms with E-state index in [1.807, 2.05) is 55.5 Å². The number of nitrogens with zero attached hydrogens (tertiary/aromatic N) is 3. The molecule has 3 aromatic carbocycles. The number of sulfonamides is 1. The quantitative estimate of drug-likeness (QED) is 0.248. The van der Waals surface area contributed by atoms with E-state index in [-0.39, 0.29) is 23.6 Å². The van der Waals surface area contributed by atoms with Gasteiger partial charge in [0.15, 0.2) is 0 Å². The second-order valence-electron chi connectivity index (χ2n) is 8.95. The summed E-state index contributed by atoms with van der Waals surface area (Å²) in [6, 6.07) is 27.4. The molecule has 0 spiro atoms. The Morgan fingerprint density at radius 1 is 0.947 bits per heavy atom. The number of carbonyl (C=O) groups is 1. The molecular weight excluding hydrogens is 518 g/mol. The lowest BCUT2D eigenvalue weighted by atomic mass is 10.0. The molecule has 0 saturated heterocycles. The fourth-order valence-corrected chi connectivity index (χ4v) is 5.97. The van der Waals surface area contributed by atoms with E-state index in [4.69, 9.17) is 16.9 Å². The third-order valence-corrected chi connectivity index (χ3v) is 8.39. The Balaban J connectivity index is 1.55. The zero-order valence-electron chi connectivity index (χ0n) is 20.8. The van der Waals surface area contributed by atoms with Crippen LogP contribution in [0.5, 0.6) is 0 Å². The number of hydrogen-bond donors (Lipinski definition) is 0. The number of Topliss-reactive ketones (excluding diaryl/α,β-unsaturated/α-hetero) is 1. The van der Waals surface area contributed by atoms with Crippen LogP contribution in [0.1, 0.15) is 40.9 Å². The summed E-state index contributed by atoms with van der Waals surface area (Å²) in [7, 11) is -3.92. The van der Waals surface area contributed by atoms with E-state index in [1.54, 1.807) is 30.5 Å². The van der Waals surface area contributed by atoms with Gasteiger partial charge in [-0.2, -0.15) is 9.57 Å². The second-order valence-corrected chi connectivity index (χ2v) is 11.3. The Morgan fingerprint density at radius 3 is 2.29 bits per heavy atom. The molecule has 4 aromatic rings. The molecule has 0 amide bonds. The minimum Gasteiger partial charge on any atom is -0.299 e. The first-order chi connectivity index (χ1) is 18.3. The highest BCUT2D eigenvalue weighted by Gasteiger charge is 2.30. The van der Waals surface area contributed by atoms with Crippen molar-refractivity contribution in [2.24, 2.45) is 0 Å². The van der Waals surface area contributed by atoms with Gasteiger partial charge in [-0.05, 0) is 72.1 Å². The van der Waals surface area contributed by atoms with E-state index >= 15 is 0 Å². The van der Waals surface area contributed by atoms with Crippen molar-refractivity contribution in [1.29, 1.82) is 5.26 Å². The third kappa shape index (κ3) is 6.73. The molecule has 0 saturated carbocycles. The van der Waals surface area contributed by atoms with Gasteiger partial charge in [-0.25, -0.2) is 8.42 Å². The number of pyridine rings is 1.